The molecule has 4 nitrogen and oxygen atoms in total. The van der Waals surface area contributed by atoms with Crippen molar-refractivity contribution in [1.82, 2.24) is 10.2 Å². The minimum atomic E-state index is 0.0485. The molecule has 0 amide bonds. The summed E-state index contributed by atoms with van der Waals surface area (Å²) in [7, 11) is 3.85. The van der Waals surface area contributed by atoms with Gasteiger partial charge >= 0.3 is 0 Å². The van der Waals surface area contributed by atoms with Gasteiger partial charge in [-0.2, -0.15) is 0 Å². The molecule has 0 saturated heterocycles. The van der Waals surface area contributed by atoms with Gasteiger partial charge in [-0.1, -0.05) is 39.0 Å². The summed E-state index contributed by atoms with van der Waals surface area (Å²) >= 11 is 6.39. The second-order valence-corrected chi connectivity index (χ2v) is 7.20. The molecule has 0 aliphatic carbocycles. The zero-order chi connectivity index (χ0) is 14.0. The maximum absolute atomic E-state index is 11.6. The monoisotopic (exact) mass is 357 g/mol. The van der Waals surface area contributed by atoms with Crippen molar-refractivity contribution < 1.29 is 4.79 Å². The van der Waals surface area contributed by atoms with Crippen LogP contribution >= 0.6 is 39.0 Å². The van der Waals surface area contributed by atoms with Crippen LogP contribution in [0, 0.1) is 0 Å². The smallest absolute Gasteiger partial charge is 0.208 e. The molecule has 0 aliphatic heterocycles. The predicted octanol–water partition coefficient (Wildman–Crippen LogP) is 3.72. The fourth-order valence-electron chi connectivity index (χ4n) is 1.39. The van der Waals surface area contributed by atoms with Gasteiger partial charge in [-0.15, -0.1) is 10.2 Å². The van der Waals surface area contributed by atoms with E-state index in [2.05, 4.69) is 26.1 Å². The number of ketones is 1. The molecule has 19 heavy (non-hydrogen) atoms. The quantitative estimate of drug-likeness (QED) is 0.780. The first kappa shape index (κ1) is 14.5. The first-order valence-corrected chi connectivity index (χ1v) is 7.89. The standard InChI is InChI=1S/C12H12BrN3OS2/c1-7(17)9-5-4-8(13)6-10(9)18-12-15-14-11(19-12)16(2)3/h4-6H,1-3H3. The van der Waals surface area contributed by atoms with Crippen LogP contribution < -0.4 is 4.90 Å². The van der Waals surface area contributed by atoms with E-state index in [-0.39, 0.29) is 5.78 Å². The van der Waals surface area contributed by atoms with Crippen LogP contribution in [0.2, 0.25) is 0 Å². The van der Waals surface area contributed by atoms with Crippen LogP contribution in [0.1, 0.15) is 17.3 Å². The molecule has 1 aromatic carbocycles. The molecule has 100 valence electrons. The normalized spacial score (nSPS) is 10.5. The average molecular weight is 358 g/mol. The number of carbonyl (C=O) groups is 1. The van der Waals surface area contributed by atoms with Crippen molar-refractivity contribution in [2.75, 3.05) is 19.0 Å². The molecule has 2 aromatic rings. The molecule has 0 atom stereocenters. The topological polar surface area (TPSA) is 46.1 Å². The molecule has 0 aliphatic rings. The highest BCUT2D eigenvalue weighted by molar-refractivity contribution is 9.10. The Bertz CT molecular complexity index is 613. The van der Waals surface area contributed by atoms with Crippen LogP contribution in [0.15, 0.2) is 31.9 Å². The van der Waals surface area contributed by atoms with Gasteiger partial charge in [-0.05, 0) is 25.1 Å². The van der Waals surface area contributed by atoms with Crippen LogP contribution in [-0.2, 0) is 0 Å². The third kappa shape index (κ3) is 3.55. The van der Waals surface area contributed by atoms with Gasteiger partial charge < -0.3 is 4.90 Å². The Morgan fingerprint density at radius 2 is 2.11 bits per heavy atom. The third-order valence-electron chi connectivity index (χ3n) is 2.30. The van der Waals surface area contributed by atoms with E-state index in [0.717, 1.165) is 18.8 Å². The van der Waals surface area contributed by atoms with E-state index in [9.17, 15) is 4.79 Å². The second-order valence-electron chi connectivity index (χ2n) is 4.04. The summed E-state index contributed by atoms with van der Waals surface area (Å²) in [5, 5.41) is 9.06. The molecule has 0 fully saturated rings. The molecule has 0 saturated carbocycles. The Hall–Kier alpha value is -0.920. The molecule has 0 bridgehead atoms. The largest absolute Gasteiger partial charge is 0.353 e. The Labute approximate surface area is 128 Å². The van der Waals surface area contributed by atoms with E-state index in [4.69, 9.17) is 0 Å². The van der Waals surface area contributed by atoms with Crippen molar-refractivity contribution >= 4 is 49.9 Å². The fraction of sp³-hybridized carbons (Fsp3) is 0.250. The number of carbonyl (C=O) groups excluding carboxylic acids is 1. The third-order valence-corrected chi connectivity index (χ3v) is 4.99. The molecule has 1 heterocycles. The minimum absolute atomic E-state index is 0.0485. The van der Waals surface area contributed by atoms with E-state index in [0.29, 0.717) is 5.56 Å². The van der Waals surface area contributed by atoms with Gasteiger partial charge in [0.2, 0.25) is 5.13 Å². The second kappa shape index (κ2) is 6.02. The summed E-state index contributed by atoms with van der Waals surface area (Å²) in [4.78, 5) is 14.4. The van der Waals surface area contributed by atoms with Crippen molar-refractivity contribution in [2.45, 2.75) is 16.2 Å². The molecule has 1 aromatic heterocycles. The van der Waals surface area contributed by atoms with E-state index >= 15 is 0 Å². The number of hydrogen-bond acceptors (Lipinski definition) is 6. The van der Waals surface area contributed by atoms with Gasteiger partial charge in [0.25, 0.3) is 0 Å². The summed E-state index contributed by atoms with van der Waals surface area (Å²) in [5.41, 5.74) is 0.704. The summed E-state index contributed by atoms with van der Waals surface area (Å²) < 4.78 is 1.77. The van der Waals surface area contributed by atoms with Crippen LogP contribution in [-0.4, -0.2) is 30.1 Å². The molecule has 0 unspecified atom stereocenters. The van der Waals surface area contributed by atoms with Crippen LogP contribution in [0.25, 0.3) is 0 Å². The fourth-order valence-corrected chi connectivity index (χ4v) is 3.84. The van der Waals surface area contributed by atoms with E-state index in [1.165, 1.54) is 23.1 Å². The van der Waals surface area contributed by atoms with Gasteiger partial charge in [0.05, 0.1) is 0 Å². The first-order chi connectivity index (χ1) is 8.97. The lowest BCUT2D eigenvalue weighted by molar-refractivity contribution is 0.101. The Balaban J connectivity index is 2.31. The lowest BCUT2D eigenvalue weighted by Crippen LogP contribution is -2.07. The van der Waals surface area contributed by atoms with Gasteiger partial charge in [0, 0.05) is 29.0 Å². The van der Waals surface area contributed by atoms with Gasteiger partial charge in [-0.3, -0.25) is 4.79 Å². The number of Topliss-reactive ketones (excluding diaryl/α,β-unsaturated/α-hetero) is 1. The van der Waals surface area contributed by atoms with Gasteiger partial charge in [0.1, 0.15) is 0 Å². The predicted molar refractivity (Wildman–Crippen MR) is 82.5 cm³/mol. The van der Waals surface area contributed by atoms with Crippen LogP contribution in [0.3, 0.4) is 0 Å². The number of benzene rings is 1. The zero-order valence-electron chi connectivity index (χ0n) is 10.7. The lowest BCUT2D eigenvalue weighted by atomic mass is 10.1. The van der Waals surface area contributed by atoms with E-state index < -0.39 is 0 Å². The summed E-state index contributed by atoms with van der Waals surface area (Å²) in [6, 6.07) is 5.62. The highest BCUT2D eigenvalue weighted by Crippen LogP contribution is 2.36. The summed E-state index contributed by atoms with van der Waals surface area (Å²) in [6.07, 6.45) is 0. The van der Waals surface area contributed by atoms with Crippen molar-refractivity contribution in [3.63, 3.8) is 0 Å². The molecule has 0 N–H and O–H groups in total. The Morgan fingerprint density at radius 1 is 1.37 bits per heavy atom. The lowest BCUT2D eigenvalue weighted by Gasteiger charge is -2.05. The highest BCUT2D eigenvalue weighted by Gasteiger charge is 2.13. The number of halogens is 1. The van der Waals surface area contributed by atoms with E-state index in [1.54, 1.807) is 6.92 Å². The maximum atomic E-state index is 11.6. The number of rotatable bonds is 4. The van der Waals surface area contributed by atoms with Crippen molar-refractivity contribution in [2.24, 2.45) is 0 Å². The van der Waals surface area contributed by atoms with Crippen LogP contribution in [0.5, 0.6) is 0 Å². The highest BCUT2D eigenvalue weighted by atomic mass is 79.9. The maximum Gasteiger partial charge on any atom is 0.208 e. The first-order valence-electron chi connectivity index (χ1n) is 5.46. The minimum Gasteiger partial charge on any atom is -0.353 e. The van der Waals surface area contributed by atoms with Crippen molar-refractivity contribution in [3.8, 4) is 0 Å². The molecular formula is C12H12BrN3OS2. The molecule has 0 radical (unpaired) electrons. The summed E-state index contributed by atoms with van der Waals surface area (Å²) in [5.74, 6) is 0.0485. The van der Waals surface area contributed by atoms with Gasteiger partial charge in [-0.25, -0.2) is 0 Å². The van der Waals surface area contributed by atoms with Gasteiger partial charge in [0.15, 0.2) is 10.1 Å². The Morgan fingerprint density at radius 3 is 2.68 bits per heavy atom. The molecular weight excluding hydrogens is 346 g/mol. The Kier molecular flexibility index (Phi) is 4.59. The number of anilines is 1. The van der Waals surface area contributed by atoms with E-state index in [1.807, 2.05) is 37.2 Å². The number of hydrogen-bond donors (Lipinski definition) is 0. The zero-order valence-corrected chi connectivity index (χ0v) is 13.9. The van der Waals surface area contributed by atoms with Crippen LogP contribution in [0.4, 0.5) is 5.13 Å². The number of nitrogens with zero attached hydrogens (tertiary/aromatic N) is 3. The van der Waals surface area contributed by atoms with Crippen molar-refractivity contribution in [1.29, 1.82) is 0 Å². The average Bonchev–Trinajstić information content (AvgIpc) is 2.77. The molecule has 0 spiro atoms. The van der Waals surface area contributed by atoms with Crippen molar-refractivity contribution in [3.05, 3.63) is 28.2 Å². The molecule has 2 rings (SSSR count). The number of aromatic nitrogens is 2. The molecule has 7 heteroatoms. The SMILES string of the molecule is CC(=O)c1ccc(Br)cc1Sc1nnc(N(C)C)s1. The summed E-state index contributed by atoms with van der Waals surface area (Å²) in [6.45, 7) is 1.57.